The summed E-state index contributed by atoms with van der Waals surface area (Å²) in [5.41, 5.74) is 6.09. The molecule has 4 N–H and O–H groups in total. The number of benzene rings is 1. The Morgan fingerprint density at radius 2 is 2.21 bits per heavy atom. The van der Waals surface area contributed by atoms with Crippen LogP contribution in [0, 0.1) is 11.2 Å². The molecule has 1 aromatic rings. The number of oxime groups is 1. The van der Waals surface area contributed by atoms with Crippen molar-refractivity contribution in [3.63, 3.8) is 0 Å². The van der Waals surface area contributed by atoms with Crippen molar-refractivity contribution in [3.8, 4) is 0 Å². The van der Waals surface area contributed by atoms with Crippen LogP contribution >= 0.6 is 15.9 Å². The van der Waals surface area contributed by atoms with E-state index in [0.29, 0.717) is 13.1 Å². The summed E-state index contributed by atoms with van der Waals surface area (Å²) >= 11 is 3.38. The van der Waals surface area contributed by atoms with E-state index in [1.54, 1.807) is 6.07 Å². The SMILES string of the molecule is CC(C)(CCNCc1cc(F)ccc1Br)C(N)=NO. The average Bonchev–Trinajstić information content (AvgIpc) is 2.37. The second kappa shape index (κ2) is 6.86. The van der Waals surface area contributed by atoms with Gasteiger partial charge in [-0.2, -0.15) is 0 Å². The zero-order valence-corrected chi connectivity index (χ0v) is 12.7. The fraction of sp³-hybridized carbons (Fsp3) is 0.462. The minimum atomic E-state index is -0.374. The van der Waals surface area contributed by atoms with E-state index >= 15 is 0 Å². The Kier molecular flexibility index (Phi) is 5.75. The van der Waals surface area contributed by atoms with Crippen molar-refractivity contribution in [3.05, 3.63) is 34.1 Å². The first kappa shape index (κ1) is 15.9. The molecular weight excluding hydrogens is 313 g/mol. The zero-order valence-electron chi connectivity index (χ0n) is 11.1. The van der Waals surface area contributed by atoms with Crippen LogP contribution in [0.4, 0.5) is 4.39 Å². The van der Waals surface area contributed by atoms with Gasteiger partial charge in [0.25, 0.3) is 0 Å². The van der Waals surface area contributed by atoms with Gasteiger partial charge < -0.3 is 16.3 Å². The van der Waals surface area contributed by atoms with Crippen molar-refractivity contribution in [1.82, 2.24) is 5.32 Å². The summed E-state index contributed by atoms with van der Waals surface area (Å²) in [6.07, 6.45) is 0.718. The van der Waals surface area contributed by atoms with Crippen LogP contribution in [-0.4, -0.2) is 17.6 Å². The zero-order chi connectivity index (χ0) is 14.5. The summed E-state index contributed by atoms with van der Waals surface area (Å²) in [6, 6.07) is 4.59. The van der Waals surface area contributed by atoms with Gasteiger partial charge in [-0.3, -0.25) is 0 Å². The van der Waals surface area contributed by atoms with Gasteiger partial charge in [-0.05, 0) is 36.7 Å². The van der Waals surface area contributed by atoms with Crippen LogP contribution < -0.4 is 11.1 Å². The van der Waals surface area contributed by atoms with Crippen molar-refractivity contribution in [1.29, 1.82) is 0 Å². The summed E-state index contributed by atoms with van der Waals surface area (Å²) in [5, 5.41) is 14.9. The molecule has 1 aromatic carbocycles. The number of halogens is 2. The highest BCUT2D eigenvalue weighted by molar-refractivity contribution is 9.10. The molecular formula is C13H19BrFN3O. The van der Waals surface area contributed by atoms with Crippen molar-refractivity contribution >= 4 is 21.8 Å². The first-order valence-corrected chi connectivity index (χ1v) is 6.79. The maximum atomic E-state index is 13.1. The lowest BCUT2D eigenvalue weighted by molar-refractivity contribution is 0.305. The monoisotopic (exact) mass is 331 g/mol. The molecule has 0 bridgehead atoms. The molecule has 106 valence electrons. The summed E-state index contributed by atoms with van der Waals surface area (Å²) in [6.45, 7) is 5.06. The Labute approximate surface area is 121 Å². The molecule has 0 aliphatic carbocycles. The molecule has 0 atom stereocenters. The lowest BCUT2D eigenvalue weighted by Gasteiger charge is -2.22. The quantitative estimate of drug-likeness (QED) is 0.247. The van der Waals surface area contributed by atoms with Crippen LogP contribution in [0.2, 0.25) is 0 Å². The number of hydrogen-bond donors (Lipinski definition) is 3. The van der Waals surface area contributed by atoms with Gasteiger partial charge in [-0.15, -0.1) is 0 Å². The smallest absolute Gasteiger partial charge is 0.144 e. The maximum Gasteiger partial charge on any atom is 0.144 e. The third-order valence-electron chi connectivity index (χ3n) is 3.05. The lowest BCUT2D eigenvalue weighted by atomic mass is 9.88. The van der Waals surface area contributed by atoms with Gasteiger partial charge >= 0.3 is 0 Å². The van der Waals surface area contributed by atoms with E-state index in [0.717, 1.165) is 16.5 Å². The first-order chi connectivity index (χ1) is 8.86. The molecule has 0 spiro atoms. The third kappa shape index (κ3) is 4.80. The molecule has 0 amide bonds. The predicted molar refractivity (Wildman–Crippen MR) is 77.6 cm³/mol. The second-order valence-corrected chi connectivity index (χ2v) is 5.89. The molecule has 0 unspecified atom stereocenters. The molecule has 0 aliphatic rings. The highest BCUT2D eigenvalue weighted by Crippen LogP contribution is 2.20. The molecule has 19 heavy (non-hydrogen) atoms. The van der Waals surface area contributed by atoms with Gasteiger partial charge in [0.1, 0.15) is 11.7 Å². The molecule has 4 nitrogen and oxygen atoms in total. The van der Waals surface area contributed by atoms with Gasteiger partial charge in [0, 0.05) is 16.4 Å². The van der Waals surface area contributed by atoms with Crippen LogP contribution in [0.5, 0.6) is 0 Å². The van der Waals surface area contributed by atoms with Gasteiger partial charge in [0.05, 0.1) is 0 Å². The van der Waals surface area contributed by atoms with E-state index in [2.05, 4.69) is 26.4 Å². The minimum absolute atomic E-state index is 0.209. The molecule has 6 heteroatoms. The average molecular weight is 332 g/mol. The Balaban J connectivity index is 2.45. The molecule has 0 saturated carbocycles. The molecule has 0 saturated heterocycles. The van der Waals surface area contributed by atoms with E-state index in [4.69, 9.17) is 10.9 Å². The van der Waals surface area contributed by atoms with Crippen LogP contribution in [0.15, 0.2) is 27.8 Å². The van der Waals surface area contributed by atoms with E-state index in [1.807, 2.05) is 13.8 Å². The van der Waals surface area contributed by atoms with Crippen molar-refractivity contribution in [2.24, 2.45) is 16.3 Å². The number of nitrogens with zero attached hydrogens (tertiary/aromatic N) is 1. The molecule has 0 aliphatic heterocycles. The second-order valence-electron chi connectivity index (χ2n) is 5.03. The standard InChI is InChI=1S/C13H19BrFN3O/c1-13(2,12(16)18-19)5-6-17-8-9-7-10(15)3-4-11(9)14/h3-4,7,17,19H,5-6,8H2,1-2H3,(H2,16,18). The van der Waals surface area contributed by atoms with E-state index in [9.17, 15) is 4.39 Å². The first-order valence-electron chi connectivity index (χ1n) is 5.99. The molecule has 1 rings (SSSR count). The third-order valence-corrected chi connectivity index (χ3v) is 3.82. The topological polar surface area (TPSA) is 70.6 Å². The Bertz CT molecular complexity index is 463. The van der Waals surface area contributed by atoms with E-state index in [-0.39, 0.29) is 17.1 Å². The number of hydrogen-bond acceptors (Lipinski definition) is 3. The normalized spacial score (nSPS) is 12.7. The largest absolute Gasteiger partial charge is 0.409 e. The summed E-state index contributed by atoms with van der Waals surface area (Å²) in [7, 11) is 0. The number of amidine groups is 1. The summed E-state index contributed by atoms with van der Waals surface area (Å²) in [5.74, 6) is -0.0433. The Morgan fingerprint density at radius 1 is 1.53 bits per heavy atom. The van der Waals surface area contributed by atoms with Gasteiger partial charge in [0.2, 0.25) is 0 Å². The van der Waals surface area contributed by atoms with E-state index < -0.39 is 0 Å². The van der Waals surface area contributed by atoms with Crippen LogP contribution in [0.3, 0.4) is 0 Å². The van der Waals surface area contributed by atoms with E-state index in [1.165, 1.54) is 12.1 Å². The number of nitrogens with two attached hydrogens (primary N) is 1. The molecule has 0 fully saturated rings. The molecule has 0 heterocycles. The van der Waals surface area contributed by atoms with Crippen LogP contribution in [-0.2, 0) is 6.54 Å². The van der Waals surface area contributed by atoms with Gasteiger partial charge in [0.15, 0.2) is 0 Å². The number of rotatable bonds is 6. The number of nitrogens with one attached hydrogen (secondary N) is 1. The van der Waals surface area contributed by atoms with Crippen molar-refractivity contribution in [2.45, 2.75) is 26.8 Å². The summed E-state index contributed by atoms with van der Waals surface area (Å²) in [4.78, 5) is 0. The highest BCUT2D eigenvalue weighted by Gasteiger charge is 2.22. The predicted octanol–water partition coefficient (Wildman–Crippen LogP) is 2.84. The van der Waals surface area contributed by atoms with Crippen LogP contribution in [0.25, 0.3) is 0 Å². The van der Waals surface area contributed by atoms with Gasteiger partial charge in [-0.1, -0.05) is 34.9 Å². The highest BCUT2D eigenvalue weighted by atomic mass is 79.9. The maximum absolute atomic E-state index is 13.1. The van der Waals surface area contributed by atoms with Gasteiger partial charge in [-0.25, -0.2) is 4.39 Å². The lowest BCUT2D eigenvalue weighted by Crippen LogP contribution is -2.34. The Morgan fingerprint density at radius 3 is 2.84 bits per heavy atom. The molecule has 0 radical (unpaired) electrons. The minimum Gasteiger partial charge on any atom is -0.409 e. The fourth-order valence-corrected chi connectivity index (χ4v) is 1.95. The van der Waals surface area contributed by atoms with Crippen molar-refractivity contribution in [2.75, 3.05) is 6.54 Å². The van der Waals surface area contributed by atoms with Crippen molar-refractivity contribution < 1.29 is 9.60 Å². The fourth-order valence-electron chi connectivity index (χ4n) is 1.57. The van der Waals surface area contributed by atoms with Crippen LogP contribution in [0.1, 0.15) is 25.8 Å². The molecule has 0 aromatic heterocycles. The Hall–Kier alpha value is -1.14. The summed E-state index contributed by atoms with van der Waals surface area (Å²) < 4.78 is 14.0.